The van der Waals surface area contributed by atoms with Crippen molar-refractivity contribution in [3.05, 3.63) is 54.1 Å². The number of aryl methyl sites for hydroxylation is 1. The van der Waals surface area contributed by atoms with E-state index in [4.69, 9.17) is 0 Å². The predicted molar refractivity (Wildman–Crippen MR) is 110 cm³/mol. The minimum absolute atomic E-state index is 0.215. The number of nitrogens with zero attached hydrogens (tertiary/aromatic N) is 2. The number of rotatable bonds is 6. The molecule has 7 nitrogen and oxygen atoms in total. The molecule has 1 saturated carbocycles. The Labute approximate surface area is 163 Å². The van der Waals surface area contributed by atoms with Crippen molar-refractivity contribution in [2.75, 3.05) is 10.6 Å². The van der Waals surface area contributed by atoms with Gasteiger partial charge in [-0.3, -0.25) is 10.1 Å². The van der Waals surface area contributed by atoms with Gasteiger partial charge in [-0.05, 0) is 55.7 Å². The smallest absolute Gasteiger partial charge is 0.319 e. The van der Waals surface area contributed by atoms with Crippen LogP contribution in [0.25, 0.3) is 11.0 Å². The summed E-state index contributed by atoms with van der Waals surface area (Å²) in [5.41, 5.74) is 3.00. The lowest BCUT2D eigenvalue weighted by Crippen LogP contribution is -2.30. The maximum absolute atomic E-state index is 12.7. The molecule has 1 aliphatic carbocycles. The topological polar surface area (TPSA) is 88.0 Å². The third kappa shape index (κ3) is 3.98. The number of fused-ring (bicyclic) bond motifs is 1. The van der Waals surface area contributed by atoms with Gasteiger partial charge in [-0.2, -0.15) is 0 Å². The first-order valence-electron chi connectivity index (χ1n) is 9.58. The zero-order valence-corrected chi connectivity index (χ0v) is 15.7. The number of hydrogen-bond donors (Lipinski definition) is 3. The van der Waals surface area contributed by atoms with E-state index in [9.17, 15) is 9.59 Å². The summed E-state index contributed by atoms with van der Waals surface area (Å²) in [6.45, 7) is 2.86. The van der Waals surface area contributed by atoms with Crippen molar-refractivity contribution in [2.45, 2.75) is 38.8 Å². The quantitative estimate of drug-likeness (QED) is 0.607. The number of nitrogens with one attached hydrogen (secondary N) is 3. The monoisotopic (exact) mass is 377 g/mol. The Kier molecular flexibility index (Phi) is 4.97. The Morgan fingerprint density at radius 3 is 2.54 bits per heavy atom. The molecule has 0 radical (unpaired) electrons. The van der Waals surface area contributed by atoms with Gasteiger partial charge in [-0.1, -0.05) is 19.1 Å². The fourth-order valence-electron chi connectivity index (χ4n) is 3.08. The molecule has 0 saturated heterocycles. The molecular weight excluding hydrogens is 354 g/mol. The second-order valence-electron chi connectivity index (χ2n) is 6.98. The van der Waals surface area contributed by atoms with Gasteiger partial charge in [0, 0.05) is 23.8 Å². The van der Waals surface area contributed by atoms with Crippen LogP contribution in [-0.4, -0.2) is 27.5 Å². The molecule has 3 N–H and O–H groups in total. The summed E-state index contributed by atoms with van der Waals surface area (Å²) in [5, 5.41) is 8.55. The number of para-hydroxylation sites is 2. The van der Waals surface area contributed by atoms with E-state index in [2.05, 4.69) is 27.9 Å². The molecule has 1 heterocycles. The standard InChI is InChI=1S/C21H23N5O2/c1-2-13-26-18-6-4-3-5-17(18)24-20(26)25-19(27)14-7-9-15(10-8-14)22-21(28)23-16-11-12-16/h3-10,16H,2,11-13H2,1H3,(H2,22,23,28)(H,24,25,27). The van der Waals surface area contributed by atoms with E-state index in [-0.39, 0.29) is 11.9 Å². The van der Waals surface area contributed by atoms with Crippen molar-refractivity contribution in [3.8, 4) is 0 Å². The summed E-state index contributed by atoms with van der Waals surface area (Å²) in [6, 6.07) is 14.7. The molecular formula is C21H23N5O2. The summed E-state index contributed by atoms with van der Waals surface area (Å²) < 4.78 is 2.02. The van der Waals surface area contributed by atoms with Crippen LogP contribution in [0.2, 0.25) is 0 Å². The SMILES string of the molecule is CCCn1c(NC(=O)c2ccc(NC(=O)NC3CC3)cc2)nc2ccccc21. The van der Waals surface area contributed by atoms with Gasteiger partial charge in [0.25, 0.3) is 5.91 Å². The van der Waals surface area contributed by atoms with Crippen LogP contribution in [0.5, 0.6) is 0 Å². The predicted octanol–water partition coefficient (Wildman–Crippen LogP) is 3.98. The van der Waals surface area contributed by atoms with E-state index < -0.39 is 0 Å². The summed E-state index contributed by atoms with van der Waals surface area (Å²) in [5.74, 6) is 0.306. The third-order valence-corrected chi connectivity index (χ3v) is 4.64. The van der Waals surface area contributed by atoms with Crippen molar-refractivity contribution in [1.29, 1.82) is 0 Å². The van der Waals surface area contributed by atoms with Crippen molar-refractivity contribution in [2.24, 2.45) is 0 Å². The molecule has 1 aromatic heterocycles. The van der Waals surface area contributed by atoms with Gasteiger partial charge in [0.15, 0.2) is 0 Å². The van der Waals surface area contributed by atoms with Crippen LogP contribution in [0.4, 0.5) is 16.4 Å². The number of carbonyl (C=O) groups excluding carboxylic acids is 2. The van der Waals surface area contributed by atoms with Gasteiger partial charge in [-0.15, -0.1) is 0 Å². The highest BCUT2D eigenvalue weighted by molar-refractivity contribution is 6.04. The van der Waals surface area contributed by atoms with Crippen molar-refractivity contribution in [3.63, 3.8) is 0 Å². The number of hydrogen-bond acceptors (Lipinski definition) is 3. The molecule has 144 valence electrons. The van der Waals surface area contributed by atoms with Crippen LogP contribution in [0.1, 0.15) is 36.5 Å². The lowest BCUT2D eigenvalue weighted by atomic mass is 10.2. The average Bonchev–Trinajstić information content (AvgIpc) is 3.44. The first-order chi connectivity index (χ1) is 13.6. The molecule has 28 heavy (non-hydrogen) atoms. The number of aromatic nitrogens is 2. The van der Waals surface area contributed by atoms with Crippen LogP contribution < -0.4 is 16.0 Å². The van der Waals surface area contributed by atoms with Gasteiger partial charge < -0.3 is 15.2 Å². The van der Waals surface area contributed by atoms with Crippen LogP contribution in [0.3, 0.4) is 0 Å². The number of benzene rings is 2. The number of urea groups is 1. The summed E-state index contributed by atoms with van der Waals surface area (Å²) in [6.07, 6.45) is 3.01. The Morgan fingerprint density at radius 1 is 1.07 bits per heavy atom. The molecule has 4 rings (SSSR count). The summed E-state index contributed by atoms with van der Waals surface area (Å²) in [4.78, 5) is 29.0. The number of imidazole rings is 1. The van der Waals surface area contributed by atoms with E-state index in [0.29, 0.717) is 23.2 Å². The zero-order chi connectivity index (χ0) is 19.5. The molecule has 1 fully saturated rings. The second kappa shape index (κ2) is 7.72. The van der Waals surface area contributed by atoms with Gasteiger partial charge in [-0.25, -0.2) is 9.78 Å². The highest BCUT2D eigenvalue weighted by atomic mass is 16.2. The van der Waals surface area contributed by atoms with Crippen LogP contribution in [0, 0.1) is 0 Å². The molecule has 3 aromatic rings. The Morgan fingerprint density at radius 2 is 1.82 bits per heavy atom. The highest BCUT2D eigenvalue weighted by Gasteiger charge is 2.23. The molecule has 0 bridgehead atoms. The van der Waals surface area contributed by atoms with Crippen LogP contribution in [-0.2, 0) is 6.54 Å². The molecule has 3 amide bonds. The summed E-state index contributed by atoms with van der Waals surface area (Å²) >= 11 is 0. The van der Waals surface area contributed by atoms with Gasteiger partial charge in [0.2, 0.25) is 5.95 Å². The maximum atomic E-state index is 12.7. The third-order valence-electron chi connectivity index (χ3n) is 4.64. The Bertz CT molecular complexity index is 1010. The lowest BCUT2D eigenvalue weighted by Gasteiger charge is -2.10. The molecule has 2 aromatic carbocycles. The average molecular weight is 377 g/mol. The minimum Gasteiger partial charge on any atom is -0.335 e. The maximum Gasteiger partial charge on any atom is 0.319 e. The fraction of sp³-hybridized carbons (Fsp3) is 0.286. The van der Waals surface area contributed by atoms with Crippen LogP contribution >= 0.6 is 0 Å². The summed E-state index contributed by atoms with van der Waals surface area (Å²) in [7, 11) is 0. The molecule has 1 aliphatic rings. The second-order valence-corrected chi connectivity index (χ2v) is 6.98. The van der Waals surface area contributed by atoms with Crippen molar-refractivity contribution < 1.29 is 9.59 Å². The van der Waals surface area contributed by atoms with Gasteiger partial charge >= 0.3 is 6.03 Å². The molecule has 0 aliphatic heterocycles. The van der Waals surface area contributed by atoms with Crippen LogP contribution in [0.15, 0.2) is 48.5 Å². The van der Waals surface area contributed by atoms with E-state index >= 15 is 0 Å². The number of anilines is 2. The lowest BCUT2D eigenvalue weighted by molar-refractivity contribution is 0.102. The minimum atomic E-state index is -0.235. The fourth-order valence-corrected chi connectivity index (χ4v) is 3.08. The molecule has 0 atom stereocenters. The van der Waals surface area contributed by atoms with Gasteiger partial charge in [0.05, 0.1) is 11.0 Å². The Hall–Kier alpha value is -3.35. The highest BCUT2D eigenvalue weighted by Crippen LogP contribution is 2.21. The Balaban J connectivity index is 1.46. The zero-order valence-electron chi connectivity index (χ0n) is 15.7. The first-order valence-corrected chi connectivity index (χ1v) is 9.58. The van der Waals surface area contributed by atoms with Crippen molar-refractivity contribution >= 4 is 34.6 Å². The number of carbonyl (C=O) groups is 2. The normalized spacial score (nSPS) is 13.3. The molecule has 7 heteroatoms. The number of amides is 3. The van der Waals surface area contributed by atoms with Gasteiger partial charge in [0.1, 0.15) is 0 Å². The largest absolute Gasteiger partial charge is 0.335 e. The first kappa shape index (κ1) is 18.0. The molecule has 0 unspecified atom stereocenters. The van der Waals surface area contributed by atoms with E-state index in [1.807, 2.05) is 28.8 Å². The van der Waals surface area contributed by atoms with Crippen molar-refractivity contribution in [1.82, 2.24) is 14.9 Å². The van der Waals surface area contributed by atoms with E-state index in [1.165, 1.54) is 0 Å². The molecule has 0 spiro atoms. The van der Waals surface area contributed by atoms with E-state index in [1.54, 1.807) is 24.3 Å². The van der Waals surface area contributed by atoms with E-state index in [0.717, 1.165) is 36.8 Å².